The highest BCUT2D eigenvalue weighted by Crippen LogP contribution is 2.41. The third-order valence-electron chi connectivity index (χ3n) is 7.80. The number of hydrogen-bond acceptors (Lipinski definition) is 4. The molecule has 5 nitrogen and oxygen atoms in total. The third kappa shape index (κ3) is 6.08. The lowest BCUT2D eigenvalue weighted by Crippen LogP contribution is -2.42. The number of carbonyl (C=O) groups excluding carboxylic acids is 1. The molecule has 1 saturated heterocycles. The largest absolute Gasteiger partial charge is 0.416 e. The molecule has 0 aliphatic carbocycles. The van der Waals surface area contributed by atoms with E-state index in [4.69, 9.17) is 5.73 Å². The molecule has 1 amide bonds. The second-order valence-electron chi connectivity index (χ2n) is 11.0. The van der Waals surface area contributed by atoms with Crippen molar-refractivity contribution in [3.63, 3.8) is 0 Å². The van der Waals surface area contributed by atoms with Gasteiger partial charge in [-0.3, -0.25) is 4.79 Å². The SMILES string of the molecule is Cc1cc(F)ccc1-c1cc(N2CCC[C@H]2CN)ncc1N(C)C(=O)C(C)(C)c1cc(C(F)(F)F)cc(C(F)(F)F)c1. The standard InChI is InChI=1S/C30H31F7N4O/c1-17-10-21(31)7-8-23(17)24-14-26(41-9-5-6-22(41)15-38)39-16-25(24)40(4)27(42)28(2,3)18-11-19(29(32,33)34)13-20(12-18)30(35,36)37/h7-8,10-14,16,22H,5-6,9,15,38H2,1-4H3/t22-/m0/s1. The van der Waals surface area contributed by atoms with Gasteiger partial charge in [0.15, 0.2) is 0 Å². The first-order chi connectivity index (χ1) is 19.4. The predicted octanol–water partition coefficient (Wildman–Crippen LogP) is 7.10. The van der Waals surface area contributed by atoms with E-state index in [0.717, 1.165) is 17.7 Å². The first kappa shape index (κ1) is 31.3. The van der Waals surface area contributed by atoms with Gasteiger partial charge in [0.1, 0.15) is 11.6 Å². The maximum Gasteiger partial charge on any atom is 0.416 e. The molecule has 0 saturated carbocycles. The molecule has 1 aliphatic rings. The Balaban J connectivity index is 1.83. The van der Waals surface area contributed by atoms with E-state index < -0.39 is 46.2 Å². The summed E-state index contributed by atoms with van der Waals surface area (Å²) in [4.78, 5) is 21.6. The molecule has 1 aliphatic heterocycles. The Labute approximate surface area is 239 Å². The zero-order valence-corrected chi connectivity index (χ0v) is 23.5. The van der Waals surface area contributed by atoms with Crippen molar-refractivity contribution in [2.75, 3.05) is 29.9 Å². The van der Waals surface area contributed by atoms with E-state index in [1.165, 1.54) is 39.2 Å². The van der Waals surface area contributed by atoms with E-state index in [1.807, 2.05) is 4.90 Å². The van der Waals surface area contributed by atoms with Crippen LogP contribution in [-0.4, -0.2) is 37.1 Å². The number of halogens is 7. The minimum atomic E-state index is -5.06. The number of nitrogens with two attached hydrogens (primary N) is 1. The Morgan fingerprint density at radius 3 is 2.12 bits per heavy atom. The Bertz CT molecular complexity index is 1450. The first-order valence-electron chi connectivity index (χ1n) is 13.3. The Morgan fingerprint density at radius 2 is 1.57 bits per heavy atom. The predicted molar refractivity (Wildman–Crippen MR) is 147 cm³/mol. The summed E-state index contributed by atoms with van der Waals surface area (Å²) in [5, 5.41) is 0. The molecular weight excluding hydrogens is 565 g/mol. The van der Waals surface area contributed by atoms with Gasteiger partial charge in [0.2, 0.25) is 5.91 Å². The first-order valence-corrected chi connectivity index (χ1v) is 13.3. The van der Waals surface area contributed by atoms with Gasteiger partial charge in [0.05, 0.1) is 28.4 Å². The molecule has 2 heterocycles. The van der Waals surface area contributed by atoms with Crippen molar-refractivity contribution in [1.29, 1.82) is 0 Å². The minimum Gasteiger partial charge on any atom is -0.352 e. The number of pyridine rings is 1. The van der Waals surface area contributed by atoms with Crippen LogP contribution in [0.4, 0.5) is 42.2 Å². The lowest BCUT2D eigenvalue weighted by molar-refractivity contribution is -0.143. The van der Waals surface area contributed by atoms with Crippen LogP contribution in [0.1, 0.15) is 48.9 Å². The zero-order chi connectivity index (χ0) is 31.2. The molecule has 3 aromatic rings. The molecular formula is C30H31F7N4O. The molecule has 12 heteroatoms. The average molecular weight is 597 g/mol. The Morgan fingerprint density at radius 1 is 0.976 bits per heavy atom. The molecule has 1 fully saturated rings. The smallest absolute Gasteiger partial charge is 0.352 e. The van der Waals surface area contributed by atoms with E-state index in [1.54, 1.807) is 19.1 Å². The van der Waals surface area contributed by atoms with E-state index >= 15 is 0 Å². The van der Waals surface area contributed by atoms with Gasteiger partial charge in [-0.25, -0.2) is 9.37 Å². The summed E-state index contributed by atoms with van der Waals surface area (Å²) in [7, 11) is 1.37. The van der Waals surface area contributed by atoms with Crippen molar-refractivity contribution >= 4 is 17.4 Å². The van der Waals surface area contributed by atoms with Crippen LogP contribution >= 0.6 is 0 Å². The van der Waals surface area contributed by atoms with Crippen molar-refractivity contribution in [2.24, 2.45) is 5.73 Å². The van der Waals surface area contributed by atoms with Gasteiger partial charge in [-0.1, -0.05) is 6.07 Å². The Hall–Kier alpha value is -3.67. The van der Waals surface area contributed by atoms with Crippen LogP contribution < -0.4 is 15.5 Å². The van der Waals surface area contributed by atoms with Crippen molar-refractivity contribution in [3.05, 3.63) is 76.7 Å². The third-order valence-corrected chi connectivity index (χ3v) is 7.80. The van der Waals surface area contributed by atoms with Crippen molar-refractivity contribution in [1.82, 2.24) is 4.98 Å². The molecule has 0 spiro atoms. The van der Waals surface area contributed by atoms with Crippen LogP contribution in [-0.2, 0) is 22.6 Å². The highest BCUT2D eigenvalue weighted by Gasteiger charge is 2.41. The number of benzene rings is 2. The summed E-state index contributed by atoms with van der Waals surface area (Å²) < 4.78 is 95.4. The highest BCUT2D eigenvalue weighted by molar-refractivity contribution is 6.03. The van der Waals surface area contributed by atoms with Crippen LogP contribution in [0.5, 0.6) is 0 Å². The van der Waals surface area contributed by atoms with Crippen molar-refractivity contribution in [2.45, 2.75) is 57.4 Å². The number of amides is 1. The lowest BCUT2D eigenvalue weighted by Gasteiger charge is -2.32. The van der Waals surface area contributed by atoms with Gasteiger partial charge in [0, 0.05) is 31.7 Å². The summed E-state index contributed by atoms with van der Waals surface area (Å²) in [6, 6.07) is 7.08. The van der Waals surface area contributed by atoms with Gasteiger partial charge >= 0.3 is 12.4 Å². The maximum absolute atomic E-state index is 14.0. The van der Waals surface area contributed by atoms with Gasteiger partial charge in [0.25, 0.3) is 0 Å². The fraction of sp³-hybridized carbons (Fsp3) is 0.400. The number of carbonyl (C=O) groups is 1. The van der Waals surface area contributed by atoms with Crippen LogP contribution in [0.15, 0.2) is 48.7 Å². The summed E-state index contributed by atoms with van der Waals surface area (Å²) in [6.45, 7) is 5.32. The summed E-state index contributed by atoms with van der Waals surface area (Å²) in [5.74, 6) is -0.657. The molecule has 0 bridgehead atoms. The summed E-state index contributed by atoms with van der Waals surface area (Å²) in [5.41, 5.74) is 2.53. The number of rotatable bonds is 6. The number of anilines is 2. The molecule has 42 heavy (non-hydrogen) atoms. The molecule has 0 unspecified atom stereocenters. The number of nitrogens with zero attached hydrogens (tertiary/aromatic N) is 3. The van der Waals surface area contributed by atoms with Crippen LogP contribution in [0.3, 0.4) is 0 Å². The van der Waals surface area contributed by atoms with E-state index in [-0.39, 0.29) is 17.8 Å². The molecule has 1 aromatic heterocycles. The topological polar surface area (TPSA) is 62.5 Å². The number of alkyl halides is 6. The Kier molecular flexibility index (Phi) is 8.34. The molecule has 0 radical (unpaired) electrons. The van der Waals surface area contributed by atoms with Crippen molar-refractivity contribution in [3.8, 4) is 11.1 Å². The number of likely N-dealkylation sites (N-methyl/N-ethyl adjacent to an activating group) is 1. The summed E-state index contributed by atoms with van der Waals surface area (Å²) in [6.07, 6.45) is -6.93. The normalized spacial score (nSPS) is 16.2. The molecule has 2 N–H and O–H groups in total. The maximum atomic E-state index is 14.0. The molecule has 2 aromatic carbocycles. The van der Waals surface area contributed by atoms with Crippen LogP contribution in [0, 0.1) is 12.7 Å². The van der Waals surface area contributed by atoms with Crippen molar-refractivity contribution < 1.29 is 35.5 Å². The minimum absolute atomic E-state index is 0.0266. The van der Waals surface area contributed by atoms with Crippen LogP contribution in [0.2, 0.25) is 0 Å². The van der Waals surface area contributed by atoms with Gasteiger partial charge in [-0.15, -0.1) is 0 Å². The highest BCUT2D eigenvalue weighted by atomic mass is 19.4. The quantitative estimate of drug-likeness (QED) is 0.309. The second kappa shape index (κ2) is 11.2. The summed E-state index contributed by atoms with van der Waals surface area (Å²) >= 11 is 0. The molecule has 4 rings (SSSR count). The van der Waals surface area contributed by atoms with Crippen LogP contribution in [0.25, 0.3) is 11.1 Å². The average Bonchev–Trinajstić information content (AvgIpc) is 3.40. The number of aromatic nitrogens is 1. The van der Waals surface area contributed by atoms with E-state index in [9.17, 15) is 35.5 Å². The lowest BCUT2D eigenvalue weighted by atomic mass is 9.81. The fourth-order valence-electron chi connectivity index (χ4n) is 5.36. The van der Waals surface area contributed by atoms with E-state index in [0.29, 0.717) is 47.7 Å². The fourth-order valence-corrected chi connectivity index (χ4v) is 5.36. The van der Waals surface area contributed by atoms with Gasteiger partial charge < -0.3 is 15.5 Å². The van der Waals surface area contributed by atoms with Gasteiger partial charge in [-0.05, 0) is 86.7 Å². The zero-order valence-electron chi connectivity index (χ0n) is 23.5. The molecule has 226 valence electrons. The second-order valence-corrected chi connectivity index (χ2v) is 11.0. The number of hydrogen-bond donors (Lipinski definition) is 1. The monoisotopic (exact) mass is 596 g/mol. The molecule has 1 atom stereocenters. The van der Waals surface area contributed by atoms with E-state index in [2.05, 4.69) is 4.98 Å². The van der Waals surface area contributed by atoms with Gasteiger partial charge in [-0.2, -0.15) is 26.3 Å². The number of aryl methyl sites for hydroxylation is 1.